The van der Waals surface area contributed by atoms with Gasteiger partial charge in [-0.25, -0.2) is 9.18 Å². The number of hydrogen-bond donors (Lipinski definition) is 3. The summed E-state index contributed by atoms with van der Waals surface area (Å²) in [5, 5.41) is 5.49. The SMILES string of the molecule is NC(=S)C1(NC(=O)Nc2ccc(F)cc2)CCCC1. The predicted molar refractivity (Wildman–Crippen MR) is 76.5 cm³/mol. The summed E-state index contributed by atoms with van der Waals surface area (Å²) < 4.78 is 12.8. The van der Waals surface area contributed by atoms with E-state index in [0.29, 0.717) is 10.7 Å². The van der Waals surface area contributed by atoms with Gasteiger partial charge in [0.2, 0.25) is 0 Å². The van der Waals surface area contributed by atoms with Crippen molar-refractivity contribution in [2.45, 2.75) is 31.2 Å². The summed E-state index contributed by atoms with van der Waals surface area (Å²) in [7, 11) is 0. The van der Waals surface area contributed by atoms with Crippen LogP contribution in [0.25, 0.3) is 0 Å². The van der Waals surface area contributed by atoms with E-state index >= 15 is 0 Å². The first-order valence-corrected chi connectivity index (χ1v) is 6.57. The minimum absolute atomic E-state index is 0.319. The zero-order valence-corrected chi connectivity index (χ0v) is 11.2. The van der Waals surface area contributed by atoms with E-state index in [1.165, 1.54) is 24.3 Å². The summed E-state index contributed by atoms with van der Waals surface area (Å²) in [4.78, 5) is 12.3. The van der Waals surface area contributed by atoms with Crippen molar-refractivity contribution in [1.29, 1.82) is 0 Å². The quantitative estimate of drug-likeness (QED) is 0.746. The lowest BCUT2D eigenvalue weighted by molar-refractivity contribution is 0.245. The molecule has 0 spiro atoms. The molecular weight excluding hydrogens is 265 g/mol. The van der Waals surface area contributed by atoms with Crippen LogP contribution in [0.4, 0.5) is 14.9 Å². The average Bonchev–Trinajstić information content (AvgIpc) is 2.82. The van der Waals surface area contributed by atoms with Gasteiger partial charge in [-0.1, -0.05) is 25.1 Å². The molecule has 6 heteroatoms. The summed E-state index contributed by atoms with van der Waals surface area (Å²) in [6, 6.07) is 5.19. The summed E-state index contributed by atoms with van der Waals surface area (Å²) in [6.07, 6.45) is 3.51. The van der Waals surface area contributed by atoms with Crippen molar-refractivity contribution >= 4 is 28.9 Å². The van der Waals surface area contributed by atoms with E-state index in [-0.39, 0.29) is 11.8 Å². The molecule has 2 rings (SSSR count). The van der Waals surface area contributed by atoms with Crippen molar-refractivity contribution in [3.63, 3.8) is 0 Å². The molecule has 4 nitrogen and oxygen atoms in total. The summed E-state index contributed by atoms with van der Waals surface area (Å²) in [6.45, 7) is 0. The number of carbonyl (C=O) groups is 1. The predicted octanol–water partition coefficient (Wildman–Crippen LogP) is 2.55. The first kappa shape index (κ1) is 13.7. The second-order valence-electron chi connectivity index (χ2n) is 4.74. The van der Waals surface area contributed by atoms with E-state index in [1.807, 2.05) is 0 Å². The van der Waals surface area contributed by atoms with Gasteiger partial charge in [-0.3, -0.25) is 0 Å². The minimum Gasteiger partial charge on any atom is -0.391 e. The number of nitrogens with one attached hydrogen (secondary N) is 2. The molecule has 19 heavy (non-hydrogen) atoms. The van der Waals surface area contributed by atoms with Crippen LogP contribution in [0.15, 0.2) is 24.3 Å². The van der Waals surface area contributed by atoms with Gasteiger partial charge in [0.1, 0.15) is 5.82 Å². The van der Waals surface area contributed by atoms with Crippen molar-refractivity contribution in [3.8, 4) is 0 Å². The molecule has 0 radical (unpaired) electrons. The van der Waals surface area contributed by atoms with Crippen LogP contribution < -0.4 is 16.4 Å². The number of anilines is 1. The van der Waals surface area contributed by atoms with E-state index in [1.54, 1.807) is 0 Å². The lowest BCUT2D eigenvalue weighted by Gasteiger charge is -2.29. The number of nitrogens with two attached hydrogens (primary N) is 1. The Hall–Kier alpha value is -1.69. The molecule has 0 bridgehead atoms. The molecule has 2 amide bonds. The zero-order chi connectivity index (χ0) is 13.9. The fourth-order valence-electron chi connectivity index (χ4n) is 2.32. The Morgan fingerprint density at radius 1 is 1.26 bits per heavy atom. The molecule has 1 aliphatic carbocycles. The molecule has 0 saturated heterocycles. The molecular formula is C13H16FN3OS. The zero-order valence-electron chi connectivity index (χ0n) is 10.4. The van der Waals surface area contributed by atoms with Crippen LogP contribution in [0.5, 0.6) is 0 Å². The van der Waals surface area contributed by atoms with Crippen molar-refractivity contribution in [2.75, 3.05) is 5.32 Å². The largest absolute Gasteiger partial charge is 0.391 e. The molecule has 1 aromatic carbocycles. The van der Waals surface area contributed by atoms with Crippen LogP contribution >= 0.6 is 12.2 Å². The van der Waals surface area contributed by atoms with Gasteiger partial charge in [0.25, 0.3) is 0 Å². The highest BCUT2D eigenvalue weighted by Gasteiger charge is 2.38. The number of hydrogen-bond acceptors (Lipinski definition) is 2. The third kappa shape index (κ3) is 3.20. The lowest BCUT2D eigenvalue weighted by atomic mass is 9.98. The van der Waals surface area contributed by atoms with Gasteiger partial charge in [-0.15, -0.1) is 0 Å². The Labute approximate surface area is 116 Å². The summed E-state index contributed by atoms with van der Waals surface area (Å²) >= 11 is 5.05. The number of rotatable bonds is 3. The first-order chi connectivity index (χ1) is 9.02. The minimum atomic E-state index is -0.584. The van der Waals surface area contributed by atoms with Crippen molar-refractivity contribution < 1.29 is 9.18 Å². The van der Waals surface area contributed by atoms with E-state index in [4.69, 9.17) is 18.0 Å². The van der Waals surface area contributed by atoms with Gasteiger partial charge in [0.05, 0.1) is 10.5 Å². The lowest BCUT2D eigenvalue weighted by Crippen LogP contribution is -2.55. The van der Waals surface area contributed by atoms with E-state index in [9.17, 15) is 9.18 Å². The molecule has 0 unspecified atom stereocenters. The van der Waals surface area contributed by atoms with Crippen LogP contribution in [0.2, 0.25) is 0 Å². The third-order valence-electron chi connectivity index (χ3n) is 3.38. The highest BCUT2D eigenvalue weighted by Crippen LogP contribution is 2.30. The van der Waals surface area contributed by atoms with E-state index in [0.717, 1.165) is 25.7 Å². The number of urea groups is 1. The van der Waals surface area contributed by atoms with Gasteiger partial charge in [0, 0.05) is 5.69 Å². The highest BCUT2D eigenvalue weighted by molar-refractivity contribution is 7.80. The number of benzene rings is 1. The molecule has 0 heterocycles. The first-order valence-electron chi connectivity index (χ1n) is 6.16. The van der Waals surface area contributed by atoms with Gasteiger partial charge in [-0.05, 0) is 37.1 Å². The van der Waals surface area contributed by atoms with E-state index in [2.05, 4.69) is 10.6 Å². The monoisotopic (exact) mass is 281 g/mol. The van der Waals surface area contributed by atoms with Crippen LogP contribution in [0.3, 0.4) is 0 Å². The Morgan fingerprint density at radius 3 is 2.37 bits per heavy atom. The molecule has 4 N–H and O–H groups in total. The van der Waals surface area contributed by atoms with Gasteiger partial charge in [-0.2, -0.15) is 0 Å². The fourth-order valence-corrected chi connectivity index (χ4v) is 2.58. The normalized spacial score (nSPS) is 16.9. The summed E-state index contributed by atoms with van der Waals surface area (Å²) in [5.74, 6) is -0.346. The number of halogens is 1. The smallest absolute Gasteiger partial charge is 0.320 e. The maximum atomic E-state index is 12.8. The third-order valence-corrected chi connectivity index (χ3v) is 3.77. The maximum Gasteiger partial charge on any atom is 0.320 e. The van der Waals surface area contributed by atoms with Gasteiger partial charge in [0.15, 0.2) is 0 Å². The van der Waals surface area contributed by atoms with Crippen molar-refractivity contribution in [2.24, 2.45) is 5.73 Å². The van der Waals surface area contributed by atoms with Crippen molar-refractivity contribution in [3.05, 3.63) is 30.1 Å². The second-order valence-corrected chi connectivity index (χ2v) is 5.18. The average molecular weight is 281 g/mol. The molecule has 1 aliphatic rings. The van der Waals surface area contributed by atoms with Crippen molar-refractivity contribution in [1.82, 2.24) is 5.32 Å². The Balaban J connectivity index is 2.00. The summed E-state index contributed by atoms with van der Waals surface area (Å²) in [5.41, 5.74) is 5.67. The Bertz CT molecular complexity index is 483. The fraction of sp³-hybridized carbons (Fsp3) is 0.385. The number of carbonyl (C=O) groups excluding carboxylic acids is 1. The molecule has 1 aromatic rings. The Kier molecular flexibility index (Phi) is 3.99. The number of thiocarbonyl (C=S) groups is 1. The molecule has 1 fully saturated rings. The second kappa shape index (κ2) is 5.52. The van der Waals surface area contributed by atoms with Crippen LogP contribution in [-0.2, 0) is 0 Å². The molecule has 102 valence electrons. The van der Waals surface area contributed by atoms with Crippen LogP contribution in [0, 0.1) is 5.82 Å². The topological polar surface area (TPSA) is 67.1 Å². The Morgan fingerprint density at radius 2 is 1.84 bits per heavy atom. The molecule has 1 saturated carbocycles. The maximum absolute atomic E-state index is 12.8. The highest BCUT2D eigenvalue weighted by atomic mass is 32.1. The van der Waals surface area contributed by atoms with Crippen LogP contribution in [-0.4, -0.2) is 16.6 Å². The molecule has 0 aliphatic heterocycles. The number of amides is 2. The van der Waals surface area contributed by atoms with E-state index < -0.39 is 5.54 Å². The molecule has 0 aromatic heterocycles. The van der Waals surface area contributed by atoms with Crippen LogP contribution in [0.1, 0.15) is 25.7 Å². The van der Waals surface area contributed by atoms with Gasteiger partial charge >= 0.3 is 6.03 Å². The van der Waals surface area contributed by atoms with Gasteiger partial charge < -0.3 is 16.4 Å². The standard InChI is InChI=1S/C13H16FN3OS/c14-9-3-5-10(6-4-9)16-12(18)17-13(11(15)19)7-1-2-8-13/h3-6H,1-2,7-8H2,(H2,15,19)(H2,16,17,18). The molecule has 0 atom stereocenters.